The van der Waals surface area contributed by atoms with Crippen molar-refractivity contribution in [1.29, 1.82) is 5.26 Å². The molecule has 1 aromatic heterocycles. The Morgan fingerprint density at radius 1 is 1.00 bits per heavy atom. The average molecular weight is 726 g/mol. The van der Waals surface area contributed by atoms with Crippen molar-refractivity contribution in [1.82, 2.24) is 4.90 Å². The molecule has 4 heterocycles. The zero-order valence-corrected chi connectivity index (χ0v) is 29.4. The molecular weight excluding hydrogens is 683 g/mol. The number of likely N-dealkylation sites (tertiary alicyclic amines) is 1. The summed E-state index contributed by atoms with van der Waals surface area (Å²) in [7, 11) is 0. The molecular formula is C38H43F4N5O3S. The maximum Gasteiger partial charge on any atom is 0.393 e. The van der Waals surface area contributed by atoms with E-state index < -0.39 is 18.4 Å². The minimum Gasteiger partial charge on any atom is -0.477 e. The Bertz CT molecular complexity index is 1790. The quantitative estimate of drug-likeness (QED) is 0.178. The van der Waals surface area contributed by atoms with Crippen LogP contribution in [0, 0.1) is 34.4 Å². The van der Waals surface area contributed by atoms with Crippen molar-refractivity contribution in [2.24, 2.45) is 5.41 Å². The van der Waals surface area contributed by atoms with Crippen molar-refractivity contribution in [3.8, 4) is 23.7 Å². The van der Waals surface area contributed by atoms with E-state index in [1.54, 1.807) is 12.1 Å². The van der Waals surface area contributed by atoms with Crippen LogP contribution in [-0.4, -0.2) is 88.9 Å². The van der Waals surface area contributed by atoms with Crippen LogP contribution in [0.4, 0.5) is 34.6 Å². The molecule has 51 heavy (non-hydrogen) atoms. The number of hydrogen-bond donors (Lipinski definition) is 2. The fourth-order valence-corrected chi connectivity index (χ4v) is 9.15. The molecule has 3 aliphatic heterocycles. The van der Waals surface area contributed by atoms with E-state index in [-0.39, 0.29) is 24.8 Å². The normalized spacial score (nSPS) is 22.1. The van der Waals surface area contributed by atoms with Crippen LogP contribution >= 0.6 is 11.3 Å². The van der Waals surface area contributed by atoms with Crippen LogP contribution in [0.2, 0.25) is 0 Å². The summed E-state index contributed by atoms with van der Waals surface area (Å²) in [5, 5.41) is 16.4. The van der Waals surface area contributed by atoms with Gasteiger partial charge in [0.25, 0.3) is 0 Å². The fourth-order valence-electron chi connectivity index (χ4n) is 7.98. The maximum atomic E-state index is 15.2. The van der Waals surface area contributed by atoms with Gasteiger partial charge in [-0.2, -0.15) is 18.4 Å². The molecule has 3 aromatic rings. The molecule has 2 aromatic carbocycles. The van der Waals surface area contributed by atoms with Crippen molar-refractivity contribution in [2.45, 2.75) is 63.2 Å². The molecule has 0 bridgehead atoms. The molecule has 0 unspecified atom stereocenters. The highest BCUT2D eigenvalue weighted by molar-refractivity contribution is 7.20. The van der Waals surface area contributed by atoms with Crippen molar-refractivity contribution >= 4 is 38.5 Å². The second kappa shape index (κ2) is 15.5. The van der Waals surface area contributed by atoms with E-state index in [0.717, 1.165) is 62.1 Å². The fraction of sp³-hybridized carbons (Fsp3) is 0.553. The summed E-state index contributed by atoms with van der Waals surface area (Å²) in [6.07, 6.45) is 1.08. The third-order valence-electron chi connectivity index (χ3n) is 10.7. The van der Waals surface area contributed by atoms with Crippen LogP contribution < -0.4 is 20.3 Å². The maximum absolute atomic E-state index is 15.2. The monoisotopic (exact) mass is 725 g/mol. The van der Waals surface area contributed by atoms with Gasteiger partial charge in [0.05, 0.1) is 52.8 Å². The van der Waals surface area contributed by atoms with Gasteiger partial charge in [-0.3, -0.25) is 4.90 Å². The first-order valence-electron chi connectivity index (χ1n) is 17.8. The predicted molar refractivity (Wildman–Crippen MR) is 191 cm³/mol. The Labute approximate surface area is 300 Å². The van der Waals surface area contributed by atoms with Crippen molar-refractivity contribution in [3.05, 3.63) is 46.6 Å². The Morgan fingerprint density at radius 2 is 1.75 bits per heavy atom. The SMILES string of the molecule is N#CCOc1cc(N2CCOCC2)c(F)cc1NCC#Cc1sc2c(NC3CCC(N4CC5(CCOCC5)C4)CC3)cccc2c1CC(F)(F)F. The molecule has 13 heteroatoms. The van der Waals surface area contributed by atoms with E-state index in [1.165, 1.54) is 30.5 Å². The van der Waals surface area contributed by atoms with E-state index >= 15 is 4.39 Å². The molecule has 0 radical (unpaired) electrons. The van der Waals surface area contributed by atoms with Crippen molar-refractivity contribution < 1.29 is 31.8 Å². The predicted octanol–water partition coefficient (Wildman–Crippen LogP) is 7.18. The zero-order chi connectivity index (χ0) is 35.4. The van der Waals surface area contributed by atoms with E-state index in [1.807, 2.05) is 23.1 Å². The van der Waals surface area contributed by atoms with Crippen LogP contribution in [0.1, 0.15) is 49.0 Å². The first-order chi connectivity index (χ1) is 24.7. The van der Waals surface area contributed by atoms with Gasteiger partial charge in [0.15, 0.2) is 6.61 Å². The average Bonchev–Trinajstić information content (AvgIpc) is 3.46. The van der Waals surface area contributed by atoms with Crippen LogP contribution in [-0.2, 0) is 15.9 Å². The van der Waals surface area contributed by atoms with E-state index in [0.29, 0.717) is 65.1 Å². The topological polar surface area (TPSA) is 82.0 Å². The van der Waals surface area contributed by atoms with Crippen LogP contribution in [0.5, 0.6) is 5.75 Å². The molecule has 4 fully saturated rings. The summed E-state index contributed by atoms with van der Waals surface area (Å²) < 4.78 is 74.1. The first-order valence-corrected chi connectivity index (χ1v) is 18.6. The summed E-state index contributed by atoms with van der Waals surface area (Å²) >= 11 is 1.27. The molecule has 3 saturated heterocycles. The molecule has 4 aliphatic rings. The van der Waals surface area contributed by atoms with Gasteiger partial charge in [0, 0.05) is 69.0 Å². The Morgan fingerprint density at radius 3 is 2.47 bits per heavy atom. The van der Waals surface area contributed by atoms with E-state index in [9.17, 15) is 13.2 Å². The second-order valence-corrected chi connectivity index (χ2v) is 15.1. The number of nitrogens with zero attached hydrogens (tertiary/aromatic N) is 3. The number of anilines is 3. The van der Waals surface area contributed by atoms with Crippen LogP contribution in [0.15, 0.2) is 30.3 Å². The molecule has 272 valence electrons. The van der Waals surface area contributed by atoms with Gasteiger partial charge in [-0.05, 0) is 55.5 Å². The number of nitriles is 1. The lowest BCUT2D eigenvalue weighted by Gasteiger charge is -2.56. The second-order valence-electron chi connectivity index (χ2n) is 14.1. The van der Waals surface area contributed by atoms with Gasteiger partial charge in [0.2, 0.25) is 0 Å². The van der Waals surface area contributed by atoms with Gasteiger partial charge in [-0.25, -0.2) is 4.39 Å². The third kappa shape index (κ3) is 8.33. The van der Waals surface area contributed by atoms with Crippen LogP contribution in [0.3, 0.4) is 0 Å². The summed E-state index contributed by atoms with van der Waals surface area (Å²) in [5.41, 5.74) is 2.12. The molecule has 0 atom stereocenters. The summed E-state index contributed by atoms with van der Waals surface area (Å²) in [5.74, 6) is 5.75. The Balaban J connectivity index is 1.04. The lowest BCUT2D eigenvalue weighted by molar-refractivity contribution is -0.126. The Hall–Kier alpha value is -3.75. The third-order valence-corrected chi connectivity index (χ3v) is 11.9. The lowest BCUT2D eigenvalue weighted by atomic mass is 9.71. The minimum absolute atomic E-state index is 0.0270. The largest absolute Gasteiger partial charge is 0.477 e. The number of thiophene rings is 1. The molecule has 1 spiro atoms. The number of fused-ring (bicyclic) bond motifs is 1. The number of nitrogens with one attached hydrogen (secondary N) is 2. The highest BCUT2D eigenvalue weighted by Gasteiger charge is 2.46. The van der Waals surface area contributed by atoms with Gasteiger partial charge in [-0.15, -0.1) is 11.3 Å². The van der Waals surface area contributed by atoms with Gasteiger partial charge in [0.1, 0.15) is 17.6 Å². The Kier molecular flexibility index (Phi) is 10.8. The van der Waals surface area contributed by atoms with Crippen LogP contribution in [0.25, 0.3) is 10.1 Å². The molecule has 0 amide bonds. The summed E-state index contributed by atoms with van der Waals surface area (Å²) in [4.78, 5) is 4.85. The zero-order valence-electron chi connectivity index (χ0n) is 28.5. The first kappa shape index (κ1) is 35.6. The number of alkyl halides is 3. The number of hydrogen-bond acceptors (Lipinski definition) is 9. The van der Waals surface area contributed by atoms with Gasteiger partial charge >= 0.3 is 6.18 Å². The number of morpholine rings is 1. The smallest absolute Gasteiger partial charge is 0.393 e. The minimum atomic E-state index is -4.41. The van der Waals surface area contributed by atoms with E-state index in [4.69, 9.17) is 19.5 Å². The standard InChI is InChI=1S/C38H43F4N5O3S/c39-30-21-32(34(50-18-12-43)22-33(30)46-14-19-49-20-15-46)44-13-2-5-35-29(23-38(40,41)42)28-3-1-4-31(36(28)51-35)45-26-6-8-27(9-7-26)47-24-37(25-47)10-16-48-17-11-37/h1,3-4,21-22,26-27,44-45H,6-11,13-20,23-25H2. The highest BCUT2D eigenvalue weighted by Crippen LogP contribution is 2.44. The summed E-state index contributed by atoms with van der Waals surface area (Å²) in [6.45, 7) is 5.89. The number of halogens is 4. The lowest BCUT2D eigenvalue weighted by Crippen LogP contribution is -2.62. The number of benzene rings is 2. The van der Waals surface area contributed by atoms with Gasteiger partial charge in [-0.1, -0.05) is 24.0 Å². The summed E-state index contributed by atoms with van der Waals surface area (Å²) in [6, 6.07) is 11.1. The molecule has 8 nitrogen and oxygen atoms in total. The van der Waals surface area contributed by atoms with Crippen molar-refractivity contribution in [3.63, 3.8) is 0 Å². The van der Waals surface area contributed by atoms with E-state index in [2.05, 4.69) is 27.4 Å². The number of ether oxygens (including phenoxy) is 3. The van der Waals surface area contributed by atoms with Gasteiger partial charge < -0.3 is 29.7 Å². The highest BCUT2D eigenvalue weighted by atomic mass is 32.1. The molecule has 1 saturated carbocycles. The van der Waals surface area contributed by atoms with Crippen molar-refractivity contribution in [2.75, 3.05) is 81.3 Å². The molecule has 7 rings (SSSR count). The number of rotatable bonds is 9. The molecule has 2 N–H and O–H groups in total. The molecule has 1 aliphatic carbocycles.